The summed E-state index contributed by atoms with van der Waals surface area (Å²) in [5.74, 6) is -1.85. The Bertz CT molecular complexity index is 921. The molecule has 0 fully saturated rings. The van der Waals surface area contributed by atoms with Crippen LogP contribution in [-0.4, -0.2) is 26.6 Å². The minimum Gasteiger partial charge on any atom is -0.345 e. The molecule has 2 atom stereocenters. The minimum atomic E-state index is -3.51. The molecule has 0 aliphatic carbocycles. The van der Waals surface area contributed by atoms with Gasteiger partial charge in [-0.05, 0) is 42.8 Å². The molecule has 2 unspecified atom stereocenters. The zero-order chi connectivity index (χ0) is 19.5. The van der Waals surface area contributed by atoms with Gasteiger partial charge in [-0.2, -0.15) is 0 Å². The zero-order valence-corrected chi connectivity index (χ0v) is 16.4. The fourth-order valence-electron chi connectivity index (χ4n) is 2.51. The van der Waals surface area contributed by atoms with Crippen LogP contribution in [0.4, 0.5) is 8.78 Å². The molecule has 5 nitrogen and oxygen atoms in total. The molecule has 27 heavy (non-hydrogen) atoms. The first kappa shape index (κ1) is 23.0. The minimum absolute atomic E-state index is 0. The molecule has 0 aromatic heterocycles. The van der Waals surface area contributed by atoms with Crippen molar-refractivity contribution in [2.45, 2.75) is 30.3 Å². The summed E-state index contributed by atoms with van der Waals surface area (Å²) >= 11 is 0. The number of hydrogen-bond donors (Lipinski definition) is 2. The van der Waals surface area contributed by atoms with Crippen LogP contribution in [0.5, 0.6) is 0 Å². The fourth-order valence-corrected chi connectivity index (χ4v) is 3.19. The number of carbonyl (C=O) groups is 1. The van der Waals surface area contributed by atoms with E-state index in [0.717, 1.165) is 24.5 Å². The van der Waals surface area contributed by atoms with E-state index in [-0.39, 0.29) is 29.3 Å². The Morgan fingerprint density at radius 1 is 1.19 bits per heavy atom. The second-order valence-electron chi connectivity index (χ2n) is 6.19. The molecule has 0 aliphatic heterocycles. The summed E-state index contributed by atoms with van der Waals surface area (Å²) in [5.41, 5.74) is 5.82. The summed E-state index contributed by atoms with van der Waals surface area (Å²) in [5, 5.41) is 2.61. The molecular formula is C18H21ClF2N2O3S. The van der Waals surface area contributed by atoms with Crippen molar-refractivity contribution in [1.29, 1.82) is 0 Å². The number of nitrogens with two attached hydrogens (primary N) is 1. The maximum absolute atomic E-state index is 14.3. The monoisotopic (exact) mass is 418 g/mol. The fraction of sp³-hybridized carbons (Fsp3) is 0.278. The highest BCUT2D eigenvalue weighted by Gasteiger charge is 2.22. The second kappa shape index (κ2) is 9.25. The van der Waals surface area contributed by atoms with Gasteiger partial charge in [-0.15, -0.1) is 12.4 Å². The Kier molecular flexibility index (Phi) is 7.89. The first-order chi connectivity index (χ1) is 12.1. The summed E-state index contributed by atoms with van der Waals surface area (Å²) in [6.07, 6.45) is 1.03. The first-order valence-electron chi connectivity index (χ1n) is 7.88. The van der Waals surface area contributed by atoms with E-state index >= 15 is 0 Å². The topological polar surface area (TPSA) is 89.3 Å². The highest BCUT2D eigenvalue weighted by atomic mass is 35.5. The van der Waals surface area contributed by atoms with Crippen molar-refractivity contribution >= 4 is 28.2 Å². The number of halogens is 3. The molecule has 0 bridgehead atoms. The molecular weight excluding hydrogens is 398 g/mol. The Morgan fingerprint density at radius 2 is 1.85 bits per heavy atom. The summed E-state index contributed by atoms with van der Waals surface area (Å²) in [6.45, 7) is 1.64. The van der Waals surface area contributed by atoms with Gasteiger partial charge in [-0.3, -0.25) is 4.79 Å². The molecule has 2 aromatic rings. The van der Waals surface area contributed by atoms with Crippen LogP contribution in [-0.2, 0) is 14.6 Å². The van der Waals surface area contributed by atoms with Crippen LogP contribution >= 0.6 is 12.4 Å². The number of benzene rings is 2. The van der Waals surface area contributed by atoms with Gasteiger partial charge in [0.25, 0.3) is 0 Å². The van der Waals surface area contributed by atoms with Gasteiger partial charge >= 0.3 is 0 Å². The van der Waals surface area contributed by atoms with E-state index in [1.807, 2.05) is 0 Å². The number of sulfone groups is 1. The van der Waals surface area contributed by atoms with Gasteiger partial charge in [0.05, 0.1) is 10.9 Å². The van der Waals surface area contributed by atoms with Crippen molar-refractivity contribution in [3.8, 4) is 0 Å². The largest absolute Gasteiger partial charge is 0.345 e. The van der Waals surface area contributed by atoms with Crippen LogP contribution in [0, 0.1) is 11.6 Å². The van der Waals surface area contributed by atoms with Crippen LogP contribution in [0.25, 0.3) is 0 Å². The lowest BCUT2D eigenvalue weighted by Gasteiger charge is -2.21. The average Bonchev–Trinajstić information content (AvgIpc) is 2.54. The number of hydrogen-bond acceptors (Lipinski definition) is 4. The average molecular weight is 419 g/mol. The van der Waals surface area contributed by atoms with E-state index in [2.05, 4.69) is 5.32 Å². The Balaban J connectivity index is 0.00000364. The molecule has 9 heteroatoms. The molecule has 2 aromatic carbocycles. The van der Waals surface area contributed by atoms with Gasteiger partial charge in [0.2, 0.25) is 5.91 Å². The Labute approximate surface area is 163 Å². The zero-order valence-electron chi connectivity index (χ0n) is 14.8. The van der Waals surface area contributed by atoms with Crippen LogP contribution < -0.4 is 11.1 Å². The maximum atomic E-state index is 14.3. The van der Waals surface area contributed by atoms with Crippen molar-refractivity contribution in [2.75, 3.05) is 6.26 Å². The smallest absolute Gasteiger partial charge is 0.222 e. The Hall–Kier alpha value is -2.03. The molecule has 0 saturated carbocycles. The molecule has 0 radical (unpaired) electrons. The molecule has 3 N–H and O–H groups in total. The maximum Gasteiger partial charge on any atom is 0.222 e. The lowest BCUT2D eigenvalue weighted by Crippen LogP contribution is -2.34. The molecule has 0 heterocycles. The van der Waals surface area contributed by atoms with Crippen LogP contribution in [0.15, 0.2) is 47.4 Å². The van der Waals surface area contributed by atoms with E-state index in [9.17, 15) is 22.0 Å². The summed E-state index contributed by atoms with van der Waals surface area (Å²) in [6, 6.07) is 7.15. The van der Waals surface area contributed by atoms with Crippen molar-refractivity contribution in [1.82, 2.24) is 5.32 Å². The SMILES string of the molecule is CC(N)CC(=O)NC(c1cccc(S(C)(=O)=O)c1)c1cc(F)ccc1F.Cl. The highest BCUT2D eigenvalue weighted by Crippen LogP contribution is 2.27. The van der Waals surface area contributed by atoms with E-state index < -0.39 is 39.5 Å². The predicted molar refractivity (Wildman–Crippen MR) is 101 cm³/mol. The number of rotatable bonds is 6. The predicted octanol–water partition coefficient (Wildman–Crippen LogP) is 2.73. The van der Waals surface area contributed by atoms with Crippen molar-refractivity contribution in [2.24, 2.45) is 5.73 Å². The standard InChI is InChI=1S/C18H20F2N2O3S.ClH/c1-11(21)8-17(23)22-18(15-10-13(19)6-7-16(15)20)12-4-3-5-14(9-12)26(2,24)25;/h3-7,9-11,18H,8,21H2,1-2H3,(H,22,23);1H. The van der Waals surface area contributed by atoms with Gasteiger partial charge in [0, 0.05) is 24.3 Å². The first-order valence-corrected chi connectivity index (χ1v) is 9.77. The number of carbonyl (C=O) groups excluding carboxylic acids is 1. The van der Waals surface area contributed by atoms with Gasteiger partial charge < -0.3 is 11.1 Å². The van der Waals surface area contributed by atoms with E-state index in [0.29, 0.717) is 5.56 Å². The Morgan fingerprint density at radius 3 is 2.44 bits per heavy atom. The van der Waals surface area contributed by atoms with Crippen LogP contribution in [0.2, 0.25) is 0 Å². The van der Waals surface area contributed by atoms with Gasteiger partial charge in [-0.1, -0.05) is 12.1 Å². The van der Waals surface area contributed by atoms with Gasteiger partial charge in [0.1, 0.15) is 11.6 Å². The second-order valence-corrected chi connectivity index (χ2v) is 8.21. The quantitative estimate of drug-likeness (QED) is 0.754. The van der Waals surface area contributed by atoms with Crippen molar-refractivity contribution in [3.63, 3.8) is 0 Å². The molecule has 0 saturated heterocycles. The van der Waals surface area contributed by atoms with E-state index in [1.54, 1.807) is 6.92 Å². The lowest BCUT2D eigenvalue weighted by atomic mass is 9.97. The van der Waals surface area contributed by atoms with E-state index in [4.69, 9.17) is 5.73 Å². The molecule has 2 rings (SSSR count). The molecule has 1 amide bonds. The van der Waals surface area contributed by atoms with Gasteiger partial charge in [0.15, 0.2) is 9.84 Å². The number of nitrogens with one attached hydrogen (secondary N) is 1. The van der Waals surface area contributed by atoms with Crippen LogP contribution in [0.1, 0.15) is 30.5 Å². The van der Waals surface area contributed by atoms with Crippen LogP contribution in [0.3, 0.4) is 0 Å². The molecule has 0 spiro atoms. The third-order valence-electron chi connectivity index (χ3n) is 3.70. The summed E-state index contributed by atoms with van der Waals surface area (Å²) in [7, 11) is -3.51. The van der Waals surface area contributed by atoms with Crippen molar-refractivity contribution in [3.05, 3.63) is 65.2 Å². The normalized spacial score (nSPS) is 13.4. The third-order valence-corrected chi connectivity index (χ3v) is 4.81. The molecule has 0 aliphatic rings. The van der Waals surface area contributed by atoms with Gasteiger partial charge in [-0.25, -0.2) is 17.2 Å². The summed E-state index contributed by atoms with van der Waals surface area (Å²) < 4.78 is 51.5. The number of amides is 1. The lowest BCUT2D eigenvalue weighted by molar-refractivity contribution is -0.121. The third kappa shape index (κ3) is 6.27. The van der Waals surface area contributed by atoms with Crippen molar-refractivity contribution < 1.29 is 22.0 Å². The molecule has 148 valence electrons. The summed E-state index contributed by atoms with van der Waals surface area (Å²) in [4.78, 5) is 12.2. The highest BCUT2D eigenvalue weighted by molar-refractivity contribution is 7.90. The van der Waals surface area contributed by atoms with E-state index in [1.165, 1.54) is 24.3 Å².